The summed E-state index contributed by atoms with van der Waals surface area (Å²) >= 11 is 3.46. The number of methoxy groups -OCH3 is 3. The standard InChI is InChI=1S/C22H27BrN2O5/c1-27-19-12-18(13-20(28-2)22(19)29-3)30-15-21(26)25-10-8-24(9-11-25)14-16-4-6-17(23)7-5-16/h4-7,12-13H,8-11,14-15H2,1-3H3. The fourth-order valence-electron chi connectivity index (χ4n) is 3.38. The molecule has 0 aliphatic carbocycles. The van der Waals surface area contributed by atoms with Crippen LogP contribution >= 0.6 is 15.9 Å². The van der Waals surface area contributed by atoms with E-state index in [4.69, 9.17) is 18.9 Å². The molecule has 0 unspecified atom stereocenters. The molecule has 1 saturated heterocycles. The maximum atomic E-state index is 12.6. The van der Waals surface area contributed by atoms with Crippen molar-refractivity contribution in [2.24, 2.45) is 0 Å². The third-order valence-corrected chi connectivity index (χ3v) is 5.57. The first-order chi connectivity index (χ1) is 14.5. The molecule has 30 heavy (non-hydrogen) atoms. The second-order valence-electron chi connectivity index (χ2n) is 6.93. The van der Waals surface area contributed by atoms with Gasteiger partial charge in [0.15, 0.2) is 18.1 Å². The fraction of sp³-hybridized carbons (Fsp3) is 0.409. The van der Waals surface area contributed by atoms with Crippen molar-refractivity contribution < 1.29 is 23.7 Å². The van der Waals surface area contributed by atoms with E-state index in [1.54, 1.807) is 33.5 Å². The summed E-state index contributed by atoms with van der Waals surface area (Å²) in [5.41, 5.74) is 1.27. The summed E-state index contributed by atoms with van der Waals surface area (Å²) in [6.07, 6.45) is 0. The van der Waals surface area contributed by atoms with Gasteiger partial charge >= 0.3 is 0 Å². The van der Waals surface area contributed by atoms with Gasteiger partial charge in [0.05, 0.1) is 21.3 Å². The van der Waals surface area contributed by atoms with Gasteiger partial charge in [-0.25, -0.2) is 0 Å². The molecular weight excluding hydrogens is 452 g/mol. The van der Waals surface area contributed by atoms with E-state index in [-0.39, 0.29) is 12.5 Å². The van der Waals surface area contributed by atoms with Gasteiger partial charge < -0.3 is 23.8 Å². The molecule has 162 valence electrons. The van der Waals surface area contributed by atoms with E-state index in [0.29, 0.717) is 36.1 Å². The molecule has 0 N–H and O–H groups in total. The first-order valence-electron chi connectivity index (χ1n) is 9.71. The Morgan fingerprint density at radius 1 is 0.933 bits per heavy atom. The number of nitrogens with zero attached hydrogens (tertiary/aromatic N) is 2. The fourth-order valence-corrected chi connectivity index (χ4v) is 3.64. The van der Waals surface area contributed by atoms with Gasteiger partial charge in [-0.15, -0.1) is 0 Å². The zero-order chi connectivity index (χ0) is 21.5. The molecule has 0 bridgehead atoms. The topological polar surface area (TPSA) is 60.5 Å². The second-order valence-corrected chi connectivity index (χ2v) is 7.85. The minimum Gasteiger partial charge on any atom is -0.493 e. The number of rotatable bonds is 8. The lowest BCUT2D eigenvalue weighted by Gasteiger charge is -2.34. The molecule has 1 heterocycles. The van der Waals surface area contributed by atoms with Crippen LogP contribution in [0.1, 0.15) is 5.56 Å². The minimum absolute atomic E-state index is 0.0351. The number of carbonyl (C=O) groups is 1. The highest BCUT2D eigenvalue weighted by Gasteiger charge is 2.22. The number of hydrogen-bond acceptors (Lipinski definition) is 6. The highest BCUT2D eigenvalue weighted by Crippen LogP contribution is 2.40. The SMILES string of the molecule is COc1cc(OCC(=O)N2CCN(Cc3ccc(Br)cc3)CC2)cc(OC)c1OC. The first-order valence-corrected chi connectivity index (χ1v) is 10.5. The number of piperazine rings is 1. The van der Waals surface area contributed by atoms with Crippen molar-refractivity contribution in [2.75, 3.05) is 54.1 Å². The molecule has 2 aromatic carbocycles. The predicted molar refractivity (Wildman–Crippen MR) is 118 cm³/mol. The number of hydrogen-bond donors (Lipinski definition) is 0. The van der Waals surface area contributed by atoms with E-state index in [9.17, 15) is 4.79 Å². The lowest BCUT2D eigenvalue weighted by molar-refractivity contribution is -0.135. The molecular formula is C22H27BrN2O5. The zero-order valence-corrected chi connectivity index (χ0v) is 19.1. The molecule has 0 saturated carbocycles. The van der Waals surface area contributed by atoms with E-state index in [2.05, 4.69) is 45.1 Å². The van der Waals surface area contributed by atoms with Crippen molar-refractivity contribution in [3.63, 3.8) is 0 Å². The third-order valence-electron chi connectivity index (χ3n) is 5.04. The highest BCUT2D eigenvalue weighted by molar-refractivity contribution is 9.10. The monoisotopic (exact) mass is 478 g/mol. The Morgan fingerprint density at radius 2 is 1.53 bits per heavy atom. The Labute approximate surface area is 185 Å². The van der Waals surface area contributed by atoms with Crippen LogP contribution in [0.15, 0.2) is 40.9 Å². The molecule has 1 amide bonds. The summed E-state index contributed by atoms with van der Waals surface area (Å²) in [5, 5.41) is 0. The number of halogens is 1. The summed E-state index contributed by atoms with van der Waals surface area (Å²) in [5.74, 6) is 1.92. The van der Waals surface area contributed by atoms with Gasteiger partial charge in [-0.05, 0) is 17.7 Å². The Morgan fingerprint density at radius 3 is 2.07 bits per heavy atom. The van der Waals surface area contributed by atoms with Crippen molar-refractivity contribution >= 4 is 21.8 Å². The van der Waals surface area contributed by atoms with Crippen LogP contribution in [0, 0.1) is 0 Å². The average Bonchev–Trinajstić information content (AvgIpc) is 2.78. The van der Waals surface area contributed by atoms with Crippen LogP contribution in [0.4, 0.5) is 0 Å². The van der Waals surface area contributed by atoms with Crippen LogP contribution in [0.25, 0.3) is 0 Å². The molecule has 1 aliphatic heterocycles. The Hall–Kier alpha value is -2.45. The Bertz CT molecular complexity index is 826. The van der Waals surface area contributed by atoms with Gasteiger partial charge in [0.2, 0.25) is 5.75 Å². The van der Waals surface area contributed by atoms with Crippen LogP contribution in [0.5, 0.6) is 23.0 Å². The number of amides is 1. The van der Waals surface area contributed by atoms with Crippen molar-refractivity contribution in [1.82, 2.24) is 9.80 Å². The number of benzene rings is 2. The van der Waals surface area contributed by atoms with Gasteiger partial charge in [0.1, 0.15) is 5.75 Å². The average molecular weight is 479 g/mol. The largest absolute Gasteiger partial charge is 0.493 e. The predicted octanol–water partition coefficient (Wildman–Crippen LogP) is 3.20. The van der Waals surface area contributed by atoms with Gasteiger partial charge in [-0.1, -0.05) is 28.1 Å². The van der Waals surface area contributed by atoms with Crippen molar-refractivity contribution in [3.05, 3.63) is 46.4 Å². The lowest BCUT2D eigenvalue weighted by atomic mass is 10.2. The molecule has 7 nitrogen and oxygen atoms in total. The zero-order valence-electron chi connectivity index (χ0n) is 17.5. The summed E-state index contributed by atoms with van der Waals surface area (Å²) in [6.45, 7) is 3.91. The maximum absolute atomic E-state index is 12.6. The molecule has 1 fully saturated rings. The van der Waals surface area contributed by atoms with Crippen molar-refractivity contribution in [2.45, 2.75) is 6.54 Å². The molecule has 8 heteroatoms. The third kappa shape index (κ3) is 5.58. The van der Waals surface area contributed by atoms with E-state index >= 15 is 0 Å². The lowest BCUT2D eigenvalue weighted by Crippen LogP contribution is -2.49. The summed E-state index contributed by atoms with van der Waals surface area (Å²) in [7, 11) is 4.63. The van der Waals surface area contributed by atoms with E-state index in [1.807, 2.05) is 4.90 Å². The van der Waals surface area contributed by atoms with Gasteiger partial charge in [0, 0.05) is 49.3 Å². The van der Waals surface area contributed by atoms with Gasteiger partial charge in [0.25, 0.3) is 5.91 Å². The summed E-state index contributed by atoms with van der Waals surface area (Å²) in [6, 6.07) is 11.7. The van der Waals surface area contributed by atoms with Crippen LogP contribution in [0.3, 0.4) is 0 Å². The van der Waals surface area contributed by atoms with Crippen molar-refractivity contribution in [1.29, 1.82) is 0 Å². The molecule has 0 atom stereocenters. The second kappa shape index (κ2) is 10.5. The normalized spacial score (nSPS) is 14.3. The molecule has 0 aromatic heterocycles. The summed E-state index contributed by atoms with van der Waals surface area (Å²) in [4.78, 5) is 16.8. The van der Waals surface area contributed by atoms with Gasteiger partial charge in [-0.2, -0.15) is 0 Å². The Kier molecular flexibility index (Phi) is 7.81. The maximum Gasteiger partial charge on any atom is 0.260 e. The van der Waals surface area contributed by atoms with Crippen LogP contribution in [-0.2, 0) is 11.3 Å². The van der Waals surface area contributed by atoms with E-state index < -0.39 is 0 Å². The highest BCUT2D eigenvalue weighted by atomic mass is 79.9. The summed E-state index contributed by atoms with van der Waals surface area (Å²) < 4.78 is 22.7. The molecule has 0 spiro atoms. The van der Waals surface area contributed by atoms with E-state index in [0.717, 1.165) is 24.1 Å². The van der Waals surface area contributed by atoms with Crippen LogP contribution < -0.4 is 18.9 Å². The number of ether oxygens (including phenoxy) is 4. The Balaban J connectivity index is 1.51. The van der Waals surface area contributed by atoms with Crippen LogP contribution in [-0.4, -0.2) is 69.8 Å². The molecule has 0 radical (unpaired) electrons. The molecule has 2 aromatic rings. The van der Waals surface area contributed by atoms with Crippen LogP contribution in [0.2, 0.25) is 0 Å². The van der Waals surface area contributed by atoms with Gasteiger partial charge in [-0.3, -0.25) is 9.69 Å². The molecule has 3 rings (SSSR count). The quantitative estimate of drug-likeness (QED) is 0.580. The van der Waals surface area contributed by atoms with Crippen molar-refractivity contribution in [3.8, 4) is 23.0 Å². The minimum atomic E-state index is -0.0364. The first kappa shape index (κ1) is 22.2. The van der Waals surface area contributed by atoms with E-state index in [1.165, 1.54) is 5.56 Å². The number of carbonyl (C=O) groups excluding carboxylic acids is 1. The smallest absolute Gasteiger partial charge is 0.260 e. The molecule has 1 aliphatic rings.